The minimum absolute atomic E-state index is 0.248. The summed E-state index contributed by atoms with van der Waals surface area (Å²) < 4.78 is 53.3. The van der Waals surface area contributed by atoms with Crippen LogP contribution in [0, 0.1) is 5.82 Å². The summed E-state index contributed by atoms with van der Waals surface area (Å²) >= 11 is 0. The normalized spacial score (nSPS) is 15.1. The molecule has 0 radical (unpaired) electrons. The Morgan fingerprint density at radius 1 is 0.885 bits per heavy atom. The number of hydrogen-bond donors (Lipinski definition) is 0. The molecule has 0 N–H and O–H groups in total. The molecule has 1 aliphatic heterocycles. The molecule has 4 nitrogen and oxygen atoms in total. The number of carbonyl (C=O) groups is 1. The zero-order chi connectivity index (χ0) is 18.7. The SMILES string of the molecule is O=C(c1ccc(OC(F)(F)F)cc1)N1CCN(c2ccc(F)cc2)CC1. The van der Waals surface area contributed by atoms with Gasteiger partial charge in [-0.1, -0.05) is 0 Å². The lowest BCUT2D eigenvalue weighted by atomic mass is 10.1. The van der Waals surface area contributed by atoms with Gasteiger partial charge in [-0.15, -0.1) is 13.2 Å². The first kappa shape index (κ1) is 18.0. The van der Waals surface area contributed by atoms with Crippen LogP contribution in [0.4, 0.5) is 23.2 Å². The van der Waals surface area contributed by atoms with Crippen molar-refractivity contribution < 1.29 is 27.1 Å². The number of anilines is 1. The van der Waals surface area contributed by atoms with Crippen molar-refractivity contribution in [3.05, 3.63) is 59.9 Å². The molecule has 1 fully saturated rings. The third-order valence-electron chi connectivity index (χ3n) is 4.09. The van der Waals surface area contributed by atoms with Crippen LogP contribution in [-0.2, 0) is 0 Å². The molecular weight excluding hydrogens is 352 g/mol. The molecule has 0 spiro atoms. The highest BCUT2D eigenvalue weighted by atomic mass is 19.4. The first-order chi connectivity index (χ1) is 12.3. The van der Waals surface area contributed by atoms with Gasteiger partial charge in [-0.2, -0.15) is 0 Å². The van der Waals surface area contributed by atoms with Crippen LogP contribution in [0.1, 0.15) is 10.4 Å². The minimum atomic E-state index is -4.76. The van der Waals surface area contributed by atoms with Crippen molar-refractivity contribution in [1.82, 2.24) is 4.90 Å². The number of piperazine rings is 1. The predicted octanol–water partition coefficient (Wildman–Crippen LogP) is 3.69. The lowest BCUT2D eigenvalue weighted by Crippen LogP contribution is -2.48. The van der Waals surface area contributed by atoms with Gasteiger partial charge in [-0.3, -0.25) is 4.79 Å². The molecule has 0 unspecified atom stereocenters. The van der Waals surface area contributed by atoms with Crippen LogP contribution in [0.25, 0.3) is 0 Å². The molecule has 1 aliphatic rings. The number of alkyl halides is 3. The van der Waals surface area contributed by atoms with Crippen molar-refractivity contribution in [1.29, 1.82) is 0 Å². The molecule has 0 atom stereocenters. The van der Waals surface area contributed by atoms with Crippen LogP contribution < -0.4 is 9.64 Å². The van der Waals surface area contributed by atoms with Gasteiger partial charge in [0.25, 0.3) is 5.91 Å². The van der Waals surface area contributed by atoms with Gasteiger partial charge in [0.1, 0.15) is 11.6 Å². The van der Waals surface area contributed by atoms with Gasteiger partial charge >= 0.3 is 6.36 Å². The van der Waals surface area contributed by atoms with E-state index in [4.69, 9.17) is 0 Å². The Bertz CT molecular complexity index is 752. The van der Waals surface area contributed by atoms with Gasteiger partial charge in [0.2, 0.25) is 0 Å². The maximum Gasteiger partial charge on any atom is 0.573 e. The number of nitrogens with zero attached hydrogens (tertiary/aromatic N) is 2. The highest BCUT2D eigenvalue weighted by Crippen LogP contribution is 2.23. The molecule has 138 valence electrons. The van der Waals surface area contributed by atoms with Crippen LogP contribution >= 0.6 is 0 Å². The van der Waals surface area contributed by atoms with Crippen molar-refractivity contribution in [2.75, 3.05) is 31.1 Å². The average molecular weight is 368 g/mol. The van der Waals surface area contributed by atoms with E-state index in [9.17, 15) is 22.4 Å². The average Bonchev–Trinajstić information content (AvgIpc) is 2.61. The fraction of sp³-hybridized carbons (Fsp3) is 0.278. The first-order valence-electron chi connectivity index (χ1n) is 7.97. The molecule has 0 saturated carbocycles. The number of carbonyl (C=O) groups excluding carboxylic acids is 1. The van der Waals surface area contributed by atoms with E-state index in [0.29, 0.717) is 31.7 Å². The maximum atomic E-state index is 13.0. The van der Waals surface area contributed by atoms with E-state index < -0.39 is 6.36 Å². The topological polar surface area (TPSA) is 32.8 Å². The van der Waals surface area contributed by atoms with E-state index in [2.05, 4.69) is 4.74 Å². The summed E-state index contributed by atoms with van der Waals surface area (Å²) in [7, 11) is 0. The number of benzene rings is 2. The molecule has 1 heterocycles. The highest BCUT2D eigenvalue weighted by molar-refractivity contribution is 5.94. The second kappa shape index (κ2) is 7.23. The van der Waals surface area contributed by atoms with Gasteiger partial charge in [0, 0.05) is 37.4 Å². The van der Waals surface area contributed by atoms with Crippen LogP contribution in [0.2, 0.25) is 0 Å². The predicted molar refractivity (Wildman–Crippen MR) is 87.6 cm³/mol. The molecule has 2 aromatic rings. The molecule has 0 bridgehead atoms. The third kappa shape index (κ3) is 4.44. The molecule has 0 aliphatic carbocycles. The van der Waals surface area contributed by atoms with Gasteiger partial charge in [0.15, 0.2) is 0 Å². The summed E-state index contributed by atoms with van der Waals surface area (Å²) in [6.45, 7) is 2.12. The Kier molecular flexibility index (Phi) is 5.01. The fourth-order valence-electron chi connectivity index (χ4n) is 2.80. The van der Waals surface area contributed by atoms with Crippen molar-refractivity contribution in [2.24, 2.45) is 0 Å². The second-order valence-corrected chi connectivity index (χ2v) is 5.83. The van der Waals surface area contributed by atoms with Crippen LogP contribution in [0.3, 0.4) is 0 Å². The first-order valence-corrected chi connectivity index (χ1v) is 7.97. The molecule has 26 heavy (non-hydrogen) atoms. The van der Waals surface area contributed by atoms with Crippen LogP contribution in [-0.4, -0.2) is 43.3 Å². The molecule has 2 aromatic carbocycles. The second-order valence-electron chi connectivity index (χ2n) is 5.83. The fourth-order valence-corrected chi connectivity index (χ4v) is 2.80. The van der Waals surface area contributed by atoms with E-state index in [1.807, 2.05) is 4.90 Å². The van der Waals surface area contributed by atoms with Crippen molar-refractivity contribution in [3.8, 4) is 5.75 Å². The zero-order valence-corrected chi connectivity index (χ0v) is 13.7. The standard InChI is InChI=1S/C18H16F4N2O2/c19-14-3-5-15(6-4-14)23-9-11-24(12-10-23)17(25)13-1-7-16(8-2-13)26-18(20,21)22/h1-8H,9-12H2. The Hall–Kier alpha value is -2.77. The lowest BCUT2D eigenvalue weighted by molar-refractivity contribution is -0.274. The van der Waals surface area contributed by atoms with Gasteiger partial charge in [0.05, 0.1) is 0 Å². The van der Waals surface area contributed by atoms with Crippen LogP contribution in [0.5, 0.6) is 5.75 Å². The lowest BCUT2D eigenvalue weighted by Gasteiger charge is -2.36. The molecular formula is C18H16F4N2O2. The molecule has 1 saturated heterocycles. The van der Waals surface area contributed by atoms with E-state index in [1.54, 1.807) is 17.0 Å². The summed E-state index contributed by atoms with van der Waals surface area (Å²) in [6, 6.07) is 11.0. The Morgan fingerprint density at radius 2 is 1.46 bits per heavy atom. The number of ether oxygens (including phenoxy) is 1. The highest BCUT2D eigenvalue weighted by Gasteiger charge is 2.31. The quantitative estimate of drug-likeness (QED) is 0.775. The van der Waals surface area contributed by atoms with Gasteiger partial charge in [-0.25, -0.2) is 4.39 Å². The monoisotopic (exact) mass is 368 g/mol. The van der Waals surface area contributed by atoms with E-state index >= 15 is 0 Å². The van der Waals surface area contributed by atoms with Gasteiger partial charge in [-0.05, 0) is 48.5 Å². The summed E-state index contributed by atoms with van der Waals surface area (Å²) in [6.07, 6.45) is -4.76. The molecule has 1 amide bonds. The summed E-state index contributed by atoms with van der Waals surface area (Å²) in [5.41, 5.74) is 1.18. The van der Waals surface area contributed by atoms with E-state index in [-0.39, 0.29) is 17.5 Å². The number of hydrogen-bond acceptors (Lipinski definition) is 3. The third-order valence-corrected chi connectivity index (χ3v) is 4.09. The molecule has 8 heteroatoms. The van der Waals surface area contributed by atoms with Crippen molar-refractivity contribution >= 4 is 11.6 Å². The minimum Gasteiger partial charge on any atom is -0.406 e. The molecule has 0 aromatic heterocycles. The van der Waals surface area contributed by atoms with Crippen molar-refractivity contribution in [2.45, 2.75) is 6.36 Å². The number of amides is 1. The summed E-state index contributed by atoms with van der Waals surface area (Å²) in [4.78, 5) is 16.2. The zero-order valence-electron chi connectivity index (χ0n) is 13.7. The Balaban J connectivity index is 1.59. The summed E-state index contributed by atoms with van der Waals surface area (Å²) in [5, 5.41) is 0. The number of halogens is 4. The van der Waals surface area contributed by atoms with E-state index in [1.165, 1.54) is 24.3 Å². The van der Waals surface area contributed by atoms with Crippen molar-refractivity contribution in [3.63, 3.8) is 0 Å². The largest absolute Gasteiger partial charge is 0.573 e. The smallest absolute Gasteiger partial charge is 0.406 e. The Labute approximate surface area is 147 Å². The Morgan fingerprint density at radius 3 is 2.00 bits per heavy atom. The maximum absolute atomic E-state index is 13.0. The van der Waals surface area contributed by atoms with Crippen LogP contribution in [0.15, 0.2) is 48.5 Å². The molecule has 3 rings (SSSR count). The summed E-state index contributed by atoms with van der Waals surface area (Å²) in [5.74, 6) is -0.919. The van der Waals surface area contributed by atoms with E-state index in [0.717, 1.165) is 17.8 Å². The number of rotatable bonds is 3. The van der Waals surface area contributed by atoms with Gasteiger partial charge < -0.3 is 14.5 Å².